The summed E-state index contributed by atoms with van der Waals surface area (Å²) in [4.78, 5) is 12.0. The Morgan fingerprint density at radius 1 is 1.10 bits per heavy atom. The zero-order chi connectivity index (χ0) is 20.5. The van der Waals surface area contributed by atoms with Crippen molar-refractivity contribution in [3.63, 3.8) is 0 Å². The number of benzene rings is 2. The maximum absolute atomic E-state index is 6.24. The molecule has 3 heterocycles. The Bertz CT molecular complexity index is 1150. The number of imidazole rings is 1. The topological polar surface area (TPSA) is 62.6 Å². The van der Waals surface area contributed by atoms with Gasteiger partial charge in [0.25, 0.3) is 0 Å². The summed E-state index contributed by atoms with van der Waals surface area (Å²) in [6.07, 6.45) is 2.27. The highest BCUT2D eigenvalue weighted by Gasteiger charge is 2.25. The summed E-state index contributed by atoms with van der Waals surface area (Å²) in [6.45, 7) is 5.57. The number of nitrogens with zero attached hydrogens (tertiary/aromatic N) is 5. The fourth-order valence-corrected chi connectivity index (χ4v) is 4.53. The Hall–Kier alpha value is -2.70. The maximum atomic E-state index is 6.24. The minimum Gasteiger partial charge on any atom is -0.322 e. The summed E-state index contributed by atoms with van der Waals surface area (Å²) in [7, 11) is 0. The average Bonchev–Trinajstić information content (AvgIpc) is 3.32. The molecule has 5 rings (SSSR count). The Balaban J connectivity index is 1.43. The van der Waals surface area contributed by atoms with E-state index in [4.69, 9.17) is 16.6 Å². The highest BCUT2D eigenvalue weighted by atomic mass is 35.5. The third-order valence-electron chi connectivity index (χ3n) is 5.82. The first-order valence-corrected chi connectivity index (χ1v) is 10.8. The fourth-order valence-electron chi connectivity index (χ4n) is 4.37. The van der Waals surface area contributed by atoms with Gasteiger partial charge >= 0.3 is 0 Å². The summed E-state index contributed by atoms with van der Waals surface area (Å²) in [5, 5.41) is 8.10. The van der Waals surface area contributed by atoms with Crippen molar-refractivity contribution in [2.24, 2.45) is 0 Å². The van der Waals surface area contributed by atoms with Gasteiger partial charge in [0.05, 0.1) is 17.6 Å². The molecule has 0 saturated carbocycles. The zero-order valence-electron chi connectivity index (χ0n) is 17.1. The van der Waals surface area contributed by atoms with E-state index in [9.17, 15) is 0 Å². The highest BCUT2D eigenvalue weighted by molar-refractivity contribution is 6.31. The third-order valence-corrected chi connectivity index (χ3v) is 6.06. The van der Waals surface area contributed by atoms with Gasteiger partial charge in [0.15, 0.2) is 5.82 Å². The number of aryl methyl sites for hydroxylation is 1. The summed E-state index contributed by atoms with van der Waals surface area (Å²) in [6, 6.07) is 16.5. The van der Waals surface area contributed by atoms with Crippen molar-refractivity contribution in [2.75, 3.05) is 13.1 Å². The number of rotatable bonds is 5. The molecule has 0 bridgehead atoms. The van der Waals surface area contributed by atoms with Crippen LogP contribution in [0.3, 0.4) is 0 Å². The van der Waals surface area contributed by atoms with E-state index in [2.05, 4.69) is 61.0 Å². The number of hydrogen-bond donors (Lipinski definition) is 1. The molecular formula is C23H25ClN6. The smallest absolute Gasteiger partial charge is 0.155 e. The molecule has 0 amide bonds. The number of likely N-dealkylation sites (tertiary alicyclic amines) is 1. The van der Waals surface area contributed by atoms with Crippen LogP contribution in [0.1, 0.15) is 41.8 Å². The molecule has 0 spiro atoms. The number of piperidine rings is 1. The van der Waals surface area contributed by atoms with Crippen molar-refractivity contribution in [2.45, 2.75) is 38.8 Å². The number of fused-ring (bicyclic) bond motifs is 1. The van der Waals surface area contributed by atoms with Gasteiger partial charge < -0.3 is 4.57 Å². The van der Waals surface area contributed by atoms with E-state index in [0.29, 0.717) is 5.92 Å². The minimum atomic E-state index is 0.366. The molecule has 0 aliphatic carbocycles. The zero-order valence-corrected chi connectivity index (χ0v) is 17.8. The van der Waals surface area contributed by atoms with Crippen molar-refractivity contribution < 1.29 is 0 Å². The molecule has 1 aliphatic heterocycles. The second-order valence-electron chi connectivity index (χ2n) is 8.09. The monoisotopic (exact) mass is 420 g/mol. The number of aromatic nitrogens is 5. The molecule has 2 aromatic carbocycles. The van der Waals surface area contributed by atoms with Crippen molar-refractivity contribution >= 4 is 22.6 Å². The summed E-state index contributed by atoms with van der Waals surface area (Å²) >= 11 is 6.24. The summed E-state index contributed by atoms with van der Waals surface area (Å²) in [5.41, 5.74) is 3.34. The molecular weight excluding hydrogens is 396 g/mol. The first kappa shape index (κ1) is 19.3. The standard InChI is InChI=1S/C23H25ClN6/c1-16-25-23(28-27-16)18-8-5-11-29(14-18)15-22-26-20-12-19(24)9-10-21(20)30(22)13-17-6-3-2-4-7-17/h2-4,6-7,9-10,12,18H,5,8,11,13-15H2,1H3,(H,25,27,28)/t18-/m0/s1. The number of H-pyrrole nitrogens is 1. The van der Waals surface area contributed by atoms with Crippen LogP contribution < -0.4 is 0 Å². The van der Waals surface area contributed by atoms with E-state index in [1.165, 1.54) is 5.56 Å². The van der Waals surface area contributed by atoms with Gasteiger partial charge in [-0.05, 0) is 50.1 Å². The lowest BCUT2D eigenvalue weighted by atomic mass is 9.97. The van der Waals surface area contributed by atoms with Gasteiger partial charge in [-0.1, -0.05) is 41.9 Å². The van der Waals surface area contributed by atoms with Gasteiger partial charge in [0.1, 0.15) is 11.6 Å². The van der Waals surface area contributed by atoms with Crippen LogP contribution in [0, 0.1) is 6.92 Å². The lowest BCUT2D eigenvalue weighted by molar-refractivity contribution is 0.191. The van der Waals surface area contributed by atoms with Crippen LogP contribution >= 0.6 is 11.6 Å². The Labute approximate surface area is 180 Å². The Kier molecular flexibility index (Phi) is 5.27. The number of nitrogens with one attached hydrogen (secondary N) is 1. The van der Waals surface area contributed by atoms with Gasteiger partial charge in [-0.2, -0.15) is 5.10 Å². The molecule has 154 valence electrons. The summed E-state index contributed by atoms with van der Waals surface area (Å²) in [5.74, 6) is 3.25. The second-order valence-corrected chi connectivity index (χ2v) is 8.52. The first-order chi connectivity index (χ1) is 14.7. The third kappa shape index (κ3) is 3.98. The van der Waals surface area contributed by atoms with Crippen LogP contribution in [0.4, 0.5) is 0 Å². The molecule has 6 nitrogen and oxygen atoms in total. The normalized spacial score (nSPS) is 17.6. The number of halogens is 1. The average molecular weight is 421 g/mol. The van der Waals surface area contributed by atoms with Crippen LogP contribution in [0.5, 0.6) is 0 Å². The number of hydrogen-bond acceptors (Lipinski definition) is 4. The van der Waals surface area contributed by atoms with Gasteiger partial charge in [0.2, 0.25) is 0 Å². The SMILES string of the molecule is Cc1nc([C@H]2CCCN(Cc3nc4cc(Cl)ccc4n3Cc3ccccc3)C2)n[nH]1. The van der Waals surface area contributed by atoms with Gasteiger partial charge in [-0.25, -0.2) is 9.97 Å². The van der Waals surface area contributed by atoms with Crippen LogP contribution in [-0.2, 0) is 13.1 Å². The predicted molar refractivity (Wildman–Crippen MR) is 119 cm³/mol. The predicted octanol–water partition coefficient (Wildman–Crippen LogP) is 4.54. The largest absolute Gasteiger partial charge is 0.322 e. The minimum absolute atomic E-state index is 0.366. The molecule has 30 heavy (non-hydrogen) atoms. The molecule has 0 radical (unpaired) electrons. The molecule has 1 fully saturated rings. The summed E-state index contributed by atoms with van der Waals surface area (Å²) < 4.78 is 2.32. The van der Waals surface area contributed by atoms with Crippen LogP contribution in [-0.4, -0.2) is 42.7 Å². The van der Waals surface area contributed by atoms with E-state index in [0.717, 1.165) is 72.5 Å². The molecule has 1 atom stereocenters. The van der Waals surface area contributed by atoms with Crippen LogP contribution in [0.15, 0.2) is 48.5 Å². The Morgan fingerprint density at radius 3 is 2.77 bits per heavy atom. The van der Waals surface area contributed by atoms with Crippen LogP contribution in [0.25, 0.3) is 11.0 Å². The van der Waals surface area contributed by atoms with Gasteiger partial charge in [-0.15, -0.1) is 0 Å². The van der Waals surface area contributed by atoms with Crippen molar-refractivity contribution in [1.82, 2.24) is 29.6 Å². The first-order valence-electron chi connectivity index (χ1n) is 10.5. The quantitative estimate of drug-likeness (QED) is 0.514. The van der Waals surface area contributed by atoms with E-state index in [1.54, 1.807) is 0 Å². The molecule has 0 unspecified atom stereocenters. The highest BCUT2D eigenvalue weighted by Crippen LogP contribution is 2.27. The number of aromatic amines is 1. The fraction of sp³-hybridized carbons (Fsp3) is 0.348. The lowest BCUT2D eigenvalue weighted by Gasteiger charge is -2.31. The molecule has 1 saturated heterocycles. The molecule has 4 aromatic rings. The van der Waals surface area contributed by atoms with E-state index in [1.807, 2.05) is 19.1 Å². The van der Waals surface area contributed by atoms with E-state index < -0.39 is 0 Å². The van der Waals surface area contributed by atoms with Gasteiger partial charge in [0, 0.05) is 24.0 Å². The second kappa shape index (κ2) is 8.20. The molecule has 1 aliphatic rings. The molecule has 7 heteroatoms. The van der Waals surface area contributed by atoms with Crippen molar-refractivity contribution in [1.29, 1.82) is 0 Å². The van der Waals surface area contributed by atoms with Crippen molar-refractivity contribution in [3.8, 4) is 0 Å². The van der Waals surface area contributed by atoms with Crippen LogP contribution in [0.2, 0.25) is 5.02 Å². The molecule has 2 aromatic heterocycles. The Morgan fingerprint density at radius 2 is 1.97 bits per heavy atom. The van der Waals surface area contributed by atoms with E-state index >= 15 is 0 Å². The lowest BCUT2D eigenvalue weighted by Crippen LogP contribution is -2.35. The van der Waals surface area contributed by atoms with Crippen molar-refractivity contribution in [3.05, 3.63) is 76.6 Å². The van der Waals surface area contributed by atoms with E-state index in [-0.39, 0.29) is 0 Å². The van der Waals surface area contributed by atoms with Gasteiger partial charge in [-0.3, -0.25) is 10.00 Å². The molecule has 1 N–H and O–H groups in total. The maximum Gasteiger partial charge on any atom is 0.155 e.